The van der Waals surface area contributed by atoms with E-state index in [1.165, 1.54) is 17.3 Å². The number of anilines is 2. The number of pyridine rings is 1. The third-order valence-electron chi connectivity index (χ3n) is 5.37. The zero-order valence-electron chi connectivity index (χ0n) is 14.5. The van der Waals surface area contributed by atoms with Crippen molar-refractivity contribution in [2.24, 2.45) is 0 Å². The Morgan fingerprint density at radius 2 is 1.92 bits per heavy atom. The number of hydrogen-bond acceptors (Lipinski definition) is 4. The van der Waals surface area contributed by atoms with Gasteiger partial charge in [0.1, 0.15) is 11.6 Å². The number of benzene rings is 1. The maximum absolute atomic E-state index is 13.5. The Morgan fingerprint density at radius 3 is 2.73 bits per heavy atom. The number of fused-ring (bicyclic) bond motifs is 3. The first-order chi connectivity index (χ1) is 12.8. The number of aromatic nitrogens is 2. The van der Waals surface area contributed by atoms with E-state index < -0.39 is 0 Å². The monoisotopic (exact) mass is 352 g/mol. The van der Waals surface area contributed by atoms with Crippen LogP contribution in [0.5, 0.6) is 0 Å². The highest BCUT2D eigenvalue weighted by molar-refractivity contribution is 5.85. The summed E-state index contributed by atoms with van der Waals surface area (Å²) in [7, 11) is 0. The summed E-state index contributed by atoms with van der Waals surface area (Å²) in [6.07, 6.45) is 2.87. The number of morpholine rings is 1. The molecule has 1 saturated heterocycles. The van der Waals surface area contributed by atoms with Crippen LogP contribution in [0.4, 0.5) is 15.9 Å². The molecule has 6 heteroatoms. The zero-order chi connectivity index (χ0) is 17.5. The van der Waals surface area contributed by atoms with Crippen LogP contribution in [0.1, 0.15) is 11.3 Å². The molecule has 0 amide bonds. The summed E-state index contributed by atoms with van der Waals surface area (Å²) < 4.78 is 18.9. The molecular weight excluding hydrogens is 331 g/mol. The molecule has 0 radical (unpaired) electrons. The fraction of sp³-hybridized carbons (Fsp3) is 0.350. The van der Waals surface area contributed by atoms with Crippen LogP contribution in [0.15, 0.2) is 36.5 Å². The van der Waals surface area contributed by atoms with Crippen LogP contribution >= 0.6 is 0 Å². The van der Waals surface area contributed by atoms with Crippen LogP contribution in [0.25, 0.3) is 10.9 Å². The van der Waals surface area contributed by atoms with Gasteiger partial charge in [-0.25, -0.2) is 9.37 Å². The van der Waals surface area contributed by atoms with Crippen LogP contribution in [-0.4, -0.2) is 42.8 Å². The Labute approximate surface area is 151 Å². The van der Waals surface area contributed by atoms with Crippen molar-refractivity contribution >= 4 is 22.4 Å². The predicted octanol–water partition coefficient (Wildman–Crippen LogP) is 3.10. The average molecular weight is 352 g/mol. The summed E-state index contributed by atoms with van der Waals surface area (Å²) in [5, 5.41) is 1.11. The quantitative estimate of drug-likeness (QED) is 0.770. The number of nitrogens with zero attached hydrogens (tertiary/aromatic N) is 3. The number of hydrogen-bond donors (Lipinski definition) is 1. The third kappa shape index (κ3) is 2.70. The summed E-state index contributed by atoms with van der Waals surface area (Å²) in [5.74, 6) is 0.789. The molecule has 134 valence electrons. The predicted molar refractivity (Wildman–Crippen MR) is 100 cm³/mol. The Morgan fingerprint density at radius 1 is 1.04 bits per heavy atom. The van der Waals surface area contributed by atoms with Gasteiger partial charge < -0.3 is 19.5 Å². The highest BCUT2D eigenvalue weighted by atomic mass is 19.1. The van der Waals surface area contributed by atoms with E-state index in [4.69, 9.17) is 9.72 Å². The number of aromatic amines is 1. The largest absolute Gasteiger partial charge is 0.378 e. The van der Waals surface area contributed by atoms with Crippen molar-refractivity contribution in [1.29, 1.82) is 0 Å². The first-order valence-corrected chi connectivity index (χ1v) is 9.10. The second kappa shape index (κ2) is 6.29. The van der Waals surface area contributed by atoms with Crippen molar-refractivity contribution in [3.8, 4) is 0 Å². The molecule has 2 aromatic heterocycles. The van der Waals surface area contributed by atoms with E-state index in [2.05, 4.69) is 26.9 Å². The van der Waals surface area contributed by atoms with E-state index in [1.54, 1.807) is 6.07 Å². The molecule has 1 aromatic carbocycles. The standard InChI is InChI=1S/C20H21FN4O/c21-14-1-3-16-17-13-25(6-5-18(17)23-19(16)11-14)20-4-2-15(12-22-20)24-7-9-26-10-8-24/h1-4,11-12,23H,5-10,13H2. The summed E-state index contributed by atoms with van der Waals surface area (Å²) in [4.78, 5) is 12.7. The smallest absolute Gasteiger partial charge is 0.128 e. The molecule has 2 aliphatic rings. The van der Waals surface area contributed by atoms with Crippen molar-refractivity contribution in [3.63, 3.8) is 0 Å². The number of H-pyrrole nitrogens is 1. The Hall–Kier alpha value is -2.60. The summed E-state index contributed by atoms with van der Waals surface area (Å²) >= 11 is 0. The lowest BCUT2D eigenvalue weighted by molar-refractivity contribution is 0.122. The number of rotatable bonds is 2. The van der Waals surface area contributed by atoms with Crippen LogP contribution in [0, 0.1) is 5.82 Å². The third-order valence-corrected chi connectivity index (χ3v) is 5.37. The van der Waals surface area contributed by atoms with Gasteiger partial charge >= 0.3 is 0 Å². The molecule has 1 fully saturated rings. The molecule has 5 rings (SSSR count). The molecule has 0 aliphatic carbocycles. The van der Waals surface area contributed by atoms with Gasteiger partial charge in [0, 0.05) is 54.8 Å². The van der Waals surface area contributed by atoms with Gasteiger partial charge in [-0.05, 0) is 30.3 Å². The molecule has 1 N–H and O–H groups in total. The molecule has 0 atom stereocenters. The van der Waals surface area contributed by atoms with Crippen molar-refractivity contribution in [3.05, 3.63) is 53.6 Å². The minimum Gasteiger partial charge on any atom is -0.378 e. The SMILES string of the molecule is Fc1ccc2c3c([nH]c2c1)CCN(c1ccc(N2CCOCC2)cn1)C3. The molecular formula is C20H21FN4O. The Bertz CT molecular complexity index is 931. The van der Waals surface area contributed by atoms with E-state index in [-0.39, 0.29) is 5.82 Å². The van der Waals surface area contributed by atoms with Gasteiger partial charge in [-0.15, -0.1) is 0 Å². The second-order valence-electron chi connectivity index (χ2n) is 6.92. The minimum absolute atomic E-state index is 0.201. The van der Waals surface area contributed by atoms with Crippen LogP contribution in [0.3, 0.4) is 0 Å². The molecule has 3 aromatic rings. The molecule has 4 heterocycles. The lowest BCUT2D eigenvalue weighted by atomic mass is 10.0. The molecule has 0 saturated carbocycles. The first-order valence-electron chi connectivity index (χ1n) is 9.10. The second-order valence-corrected chi connectivity index (χ2v) is 6.92. The van der Waals surface area contributed by atoms with Crippen molar-refractivity contribution in [2.75, 3.05) is 42.6 Å². The zero-order valence-corrected chi connectivity index (χ0v) is 14.5. The van der Waals surface area contributed by atoms with Crippen LogP contribution in [0.2, 0.25) is 0 Å². The number of ether oxygens (including phenoxy) is 1. The van der Waals surface area contributed by atoms with E-state index in [1.807, 2.05) is 12.3 Å². The van der Waals surface area contributed by atoms with E-state index >= 15 is 0 Å². The molecule has 26 heavy (non-hydrogen) atoms. The van der Waals surface area contributed by atoms with Crippen LogP contribution in [-0.2, 0) is 17.7 Å². The molecule has 0 spiro atoms. The average Bonchev–Trinajstić information content (AvgIpc) is 3.05. The van der Waals surface area contributed by atoms with Gasteiger partial charge in [-0.2, -0.15) is 0 Å². The Kier molecular flexibility index (Phi) is 3.78. The van der Waals surface area contributed by atoms with Gasteiger partial charge in [-0.1, -0.05) is 0 Å². The lowest BCUT2D eigenvalue weighted by Gasteiger charge is -2.30. The topological polar surface area (TPSA) is 44.4 Å². The van der Waals surface area contributed by atoms with Gasteiger partial charge in [0.05, 0.1) is 25.1 Å². The summed E-state index contributed by atoms with van der Waals surface area (Å²) in [6, 6.07) is 9.23. The van der Waals surface area contributed by atoms with Gasteiger partial charge in [0.2, 0.25) is 0 Å². The van der Waals surface area contributed by atoms with E-state index in [9.17, 15) is 4.39 Å². The van der Waals surface area contributed by atoms with E-state index in [0.717, 1.165) is 68.2 Å². The van der Waals surface area contributed by atoms with Crippen LogP contribution < -0.4 is 9.80 Å². The highest BCUT2D eigenvalue weighted by Crippen LogP contribution is 2.30. The molecule has 0 bridgehead atoms. The van der Waals surface area contributed by atoms with Gasteiger partial charge in [0.25, 0.3) is 0 Å². The summed E-state index contributed by atoms with van der Waals surface area (Å²) in [5.41, 5.74) is 4.50. The summed E-state index contributed by atoms with van der Waals surface area (Å²) in [6.45, 7) is 5.09. The van der Waals surface area contributed by atoms with Gasteiger partial charge in [0.15, 0.2) is 0 Å². The fourth-order valence-electron chi connectivity index (χ4n) is 3.96. The number of halogens is 1. The molecule has 0 unspecified atom stereocenters. The van der Waals surface area contributed by atoms with E-state index in [0.29, 0.717) is 0 Å². The molecule has 5 nitrogen and oxygen atoms in total. The molecule has 2 aliphatic heterocycles. The van der Waals surface area contributed by atoms with Gasteiger partial charge in [-0.3, -0.25) is 0 Å². The normalized spacial score (nSPS) is 17.6. The lowest BCUT2D eigenvalue weighted by Crippen LogP contribution is -2.36. The van der Waals surface area contributed by atoms with Crippen molar-refractivity contribution < 1.29 is 9.13 Å². The number of nitrogens with one attached hydrogen (secondary N) is 1. The van der Waals surface area contributed by atoms with Crippen molar-refractivity contribution in [2.45, 2.75) is 13.0 Å². The van der Waals surface area contributed by atoms with Crippen molar-refractivity contribution in [1.82, 2.24) is 9.97 Å². The first kappa shape index (κ1) is 15.6. The fourth-order valence-corrected chi connectivity index (χ4v) is 3.96. The highest BCUT2D eigenvalue weighted by Gasteiger charge is 2.22. The Balaban J connectivity index is 1.39. The minimum atomic E-state index is -0.201. The maximum atomic E-state index is 13.5. The maximum Gasteiger partial charge on any atom is 0.128 e.